The first-order valence-electron chi connectivity index (χ1n) is 10.8. The quantitative estimate of drug-likeness (QED) is 0.577. The van der Waals surface area contributed by atoms with Crippen LogP contribution in [0.25, 0.3) is 10.2 Å². The number of fused-ring (bicyclic) bond motifs is 3. The van der Waals surface area contributed by atoms with Crippen LogP contribution >= 0.6 is 11.3 Å². The van der Waals surface area contributed by atoms with Crippen molar-refractivity contribution in [1.29, 1.82) is 0 Å². The van der Waals surface area contributed by atoms with E-state index in [1.54, 1.807) is 29.2 Å². The Morgan fingerprint density at radius 1 is 1.26 bits per heavy atom. The maximum Gasteiger partial charge on any atom is 0.262 e. The molecule has 0 amide bonds. The summed E-state index contributed by atoms with van der Waals surface area (Å²) < 4.78 is 12.5. The van der Waals surface area contributed by atoms with Crippen molar-refractivity contribution in [3.8, 4) is 5.75 Å². The third kappa shape index (κ3) is 4.60. The Balaban J connectivity index is 1.73. The Labute approximate surface area is 185 Å². The summed E-state index contributed by atoms with van der Waals surface area (Å²) in [4.78, 5) is 36.1. The van der Waals surface area contributed by atoms with Crippen LogP contribution in [0.3, 0.4) is 0 Å². The maximum absolute atomic E-state index is 13.6. The molecule has 0 atom stereocenters. The number of nitrogens with zero attached hydrogens (tertiary/aromatic N) is 2. The van der Waals surface area contributed by atoms with Gasteiger partial charge in [0.25, 0.3) is 5.56 Å². The Bertz CT molecular complexity index is 1190. The summed E-state index contributed by atoms with van der Waals surface area (Å²) in [6.07, 6.45) is 6.34. The number of aromatic nitrogens is 3. The third-order valence-electron chi connectivity index (χ3n) is 5.52. The van der Waals surface area contributed by atoms with Crippen molar-refractivity contribution in [1.82, 2.24) is 14.5 Å². The number of thiophene rings is 1. The van der Waals surface area contributed by atoms with Crippen molar-refractivity contribution < 1.29 is 9.47 Å². The molecule has 0 saturated heterocycles. The van der Waals surface area contributed by atoms with Crippen LogP contribution in [0.15, 0.2) is 21.9 Å². The number of hydrogen-bond acceptors (Lipinski definition) is 6. The van der Waals surface area contributed by atoms with E-state index in [1.165, 1.54) is 16.5 Å². The highest BCUT2D eigenvalue weighted by atomic mass is 32.1. The summed E-state index contributed by atoms with van der Waals surface area (Å²) in [6.45, 7) is 5.27. The van der Waals surface area contributed by atoms with Gasteiger partial charge in [0.15, 0.2) is 5.75 Å². The Hall–Kier alpha value is -2.45. The standard InChI is InChI=1S/C23H29N3O4S/c1-14(2)13-30-18-11-24-15(10-17(18)27)12-26-20(8-9-29-3)25-22-21(23(26)28)16-6-4-5-7-19(16)31-22/h10-11,14H,4-9,12-13H2,1-3H3,(H,24,27). The van der Waals surface area contributed by atoms with E-state index >= 15 is 0 Å². The lowest BCUT2D eigenvalue weighted by Gasteiger charge is -2.14. The molecule has 166 valence electrons. The van der Waals surface area contributed by atoms with Crippen molar-refractivity contribution in [3.05, 3.63) is 54.8 Å². The zero-order chi connectivity index (χ0) is 22.0. The van der Waals surface area contributed by atoms with Gasteiger partial charge < -0.3 is 14.5 Å². The molecule has 3 aromatic heterocycles. The molecular weight excluding hydrogens is 414 g/mol. The second-order valence-corrected chi connectivity index (χ2v) is 9.53. The number of nitrogens with one attached hydrogen (secondary N) is 1. The summed E-state index contributed by atoms with van der Waals surface area (Å²) in [7, 11) is 1.64. The number of aryl methyl sites for hydroxylation is 2. The largest absolute Gasteiger partial charge is 0.488 e. The number of pyridine rings is 1. The number of rotatable bonds is 8. The van der Waals surface area contributed by atoms with Gasteiger partial charge in [-0.2, -0.15) is 0 Å². The van der Waals surface area contributed by atoms with Gasteiger partial charge in [-0.15, -0.1) is 11.3 Å². The van der Waals surface area contributed by atoms with E-state index in [2.05, 4.69) is 4.98 Å². The average Bonchev–Trinajstić information content (AvgIpc) is 3.12. The number of ether oxygens (including phenoxy) is 2. The minimum Gasteiger partial charge on any atom is -0.488 e. The van der Waals surface area contributed by atoms with E-state index in [1.807, 2.05) is 13.8 Å². The fourth-order valence-corrected chi connectivity index (χ4v) is 5.23. The van der Waals surface area contributed by atoms with Crippen LogP contribution in [0, 0.1) is 5.92 Å². The first-order chi connectivity index (χ1) is 15.0. The summed E-state index contributed by atoms with van der Waals surface area (Å²) in [6, 6.07) is 1.51. The molecule has 1 N–H and O–H groups in total. The molecule has 0 aliphatic heterocycles. The Morgan fingerprint density at radius 2 is 2.06 bits per heavy atom. The van der Waals surface area contributed by atoms with Crippen LogP contribution in [0.5, 0.6) is 5.75 Å². The molecule has 0 saturated carbocycles. The van der Waals surface area contributed by atoms with E-state index in [4.69, 9.17) is 14.5 Å². The van der Waals surface area contributed by atoms with Crippen LogP contribution in [-0.2, 0) is 30.5 Å². The van der Waals surface area contributed by atoms with Crippen molar-refractivity contribution in [2.75, 3.05) is 20.3 Å². The lowest BCUT2D eigenvalue weighted by atomic mass is 9.97. The molecule has 8 heteroatoms. The summed E-state index contributed by atoms with van der Waals surface area (Å²) in [5, 5.41) is 0.750. The molecule has 1 aliphatic carbocycles. The van der Waals surface area contributed by atoms with Gasteiger partial charge in [-0.05, 0) is 37.2 Å². The minimum atomic E-state index is -0.192. The van der Waals surface area contributed by atoms with E-state index in [0.29, 0.717) is 42.8 Å². The lowest BCUT2D eigenvalue weighted by Crippen LogP contribution is -2.28. The molecule has 0 spiro atoms. The smallest absolute Gasteiger partial charge is 0.262 e. The van der Waals surface area contributed by atoms with Gasteiger partial charge in [-0.25, -0.2) is 4.98 Å². The van der Waals surface area contributed by atoms with E-state index < -0.39 is 0 Å². The van der Waals surface area contributed by atoms with Gasteiger partial charge in [-0.3, -0.25) is 14.2 Å². The van der Waals surface area contributed by atoms with Crippen molar-refractivity contribution in [2.45, 2.75) is 52.5 Å². The molecule has 0 radical (unpaired) electrons. The maximum atomic E-state index is 13.6. The molecule has 7 nitrogen and oxygen atoms in total. The first kappa shape index (κ1) is 21.8. The molecule has 3 heterocycles. The van der Waals surface area contributed by atoms with Crippen LogP contribution in [0.1, 0.15) is 48.6 Å². The Morgan fingerprint density at radius 3 is 2.81 bits per heavy atom. The third-order valence-corrected chi connectivity index (χ3v) is 6.71. The van der Waals surface area contributed by atoms with Gasteiger partial charge >= 0.3 is 0 Å². The zero-order valence-electron chi connectivity index (χ0n) is 18.3. The molecule has 1 aliphatic rings. The molecule has 0 fully saturated rings. The van der Waals surface area contributed by atoms with Gasteiger partial charge in [0.2, 0.25) is 5.43 Å². The number of hydrogen-bond donors (Lipinski definition) is 1. The van der Waals surface area contributed by atoms with Crippen LogP contribution in [0.2, 0.25) is 0 Å². The normalized spacial score (nSPS) is 13.7. The second kappa shape index (κ2) is 9.36. The fourth-order valence-electron chi connectivity index (χ4n) is 3.96. The number of aromatic amines is 1. The fraction of sp³-hybridized carbons (Fsp3) is 0.522. The van der Waals surface area contributed by atoms with Crippen LogP contribution in [-0.4, -0.2) is 34.9 Å². The monoisotopic (exact) mass is 443 g/mol. The van der Waals surface area contributed by atoms with Gasteiger partial charge in [-0.1, -0.05) is 13.8 Å². The molecular formula is C23H29N3O4S. The predicted molar refractivity (Wildman–Crippen MR) is 123 cm³/mol. The average molecular weight is 444 g/mol. The highest BCUT2D eigenvalue weighted by Gasteiger charge is 2.22. The number of H-pyrrole nitrogens is 1. The van der Waals surface area contributed by atoms with Crippen LogP contribution in [0.4, 0.5) is 0 Å². The second-order valence-electron chi connectivity index (χ2n) is 8.44. The highest BCUT2D eigenvalue weighted by Crippen LogP contribution is 2.33. The van der Waals surface area contributed by atoms with Crippen molar-refractivity contribution >= 4 is 21.6 Å². The van der Waals surface area contributed by atoms with E-state index in [-0.39, 0.29) is 17.5 Å². The summed E-state index contributed by atoms with van der Waals surface area (Å²) in [5.41, 5.74) is 1.59. The van der Waals surface area contributed by atoms with Crippen molar-refractivity contribution in [3.63, 3.8) is 0 Å². The van der Waals surface area contributed by atoms with Gasteiger partial charge in [0.05, 0.1) is 25.1 Å². The van der Waals surface area contributed by atoms with E-state index in [0.717, 1.165) is 35.9 Å². The summed E-state index contributed by atoms with van der Waals surface area (Å²) >= 11 is 1.65. The lowest BCUT2D eigenvalue weighted by molar-refractivity contribution is 0.199. The van der Waals surface area contributed by atoms with Crippen molar-refractivity contribution in [2.24, 2.45) is 5.92 Å². The molecule has 0 aromatic carbocycles. The van der Waals surface area contributed by atoms with Gasteiger partial charge in [0.1, 0.15) is 10.7 Å². The topological polar surface area (TPSA) is 86.2 Å². The zero-order valence-corrected chi connectivity index (χ0v) is 19.1. The molecule has 0 bridgehead atoms. The molecule has 31 heavy (non-hydrogen) atoms. The Kier molecular flexibility index (Phi) is 6.57. The molecule has 3 aromatic rings. The molecule has 4 rings (SSSR count). The SMILES string of the molecule is COCCc1nc2sc3c(c2c(=O)n1Cc1cc(=O)c(OCC(C)C)c[nH]1)CCCC3. The molecule has 0 unspecified atom stereocenters. The predicted octanol–water partition coefficient (Wildman–Crippen LogP) is 3.30. The van der Waals surface area contributed by atoms with Gasteiger partial charge in [0, 0.05) is 36.4 Å². The number of methoxy groups -OCH3 is 1. The van der Waals surface area contributed by atoms with E-state index in [9.17, 15) is 9.59 Å². The van der Waals surface area contributed by atoms with Crippen LogP contribution < -0.4 is 15.7 Å². The summed E-state index contributed by atoms with van der Waals surface area (Å²) in [5.74, 6) is 1.30. The highest BCUT2D eigenvalue weighted by molar-refractivity contribution is 7.18. The first-order valence-corrected chi connectivity index (χ1v) is 11.7. The minimum absolute atomic E-state index is 0.0310.